The number of carbonyl (C=O) groups excluding carboxylic acids is 1. The molecule has 1 aliphatic heterocycles. The van der Waals surface area contributed by atoms with Gasteiger partial charge in [0.15, 0.2) is 0 Å². The summed E-state index contributed by atoms with van der Waals surface area (Å²) in [5.74, 6) is -0.670. The van der Waals surface area contributed by atoms with Gasteiger partial charge < -0.3 is 14.7 Å². The molecule has 0 bridgehead atoms. The Morgan fingerprint density at radius 2 is 2.06 bits per heavy atom. The van der Waals surface area contributed by atoms with E-state index >= 15 is 0 Å². The molecule has 1 heterocycles. The highest BCUT2D eigenvalue weighted by atomic mass is 16.6. The molecule has 0 atom stereocenters. The molecule has 0 spiro atoms. The molecule has 1 aliphatic rings. The summed E-state index contributed by atoms with van der Waals surface area (Å²) in [4.78, 5) is 23.6. The number of hydrogen-bond donors (Lipinski definition) is 1. The van der Waals surface area contributed by atoms with E-state index in [0.29, 0.717) is 26.3 Å². The minimum atomic E-state index is -0.602. The highest BCUT2D eigenvalue weighted by Crippen LogP contribution is 2.24. The SMILES string of the molecule is O=C(c1cc([N+](=O)[O-])ccc1O)N1CCOCC1. The zero-order chi connectivity index (χ0) is 13.1. The summed E-state index contributed by atoms with van der Waals surface area (Å²) in [5, 5.41) is 20.3. The van der Waals surface area contributed by atoms with Gasteiger partial charge in [-0.3, -0.25) is 14.9 Å². The van der Waals surface area contributed by atoms with Gasteiger partial charge in [0.05, 0.1) is 23.7 Å². The average Bonchev–Trinajstić information content (AvgIpc) is 2.39. The molecule has 0 radical (unpaired) electrons. The van der Waals surface area contributed by atoms with Gasteiger partial charge in [0.1, 0.15) is 5.75 Å². The third kappa shape index (κ3) is 2.40. The molecular weight excluding hydrogens is 240 g/mol. The van der Waals surface area contributed by atoms with Gasteiger partial charge in [-0.2, -0.15) is 0 Å². The van der Waals surface area contributed by atoms with Crippen LogP contribution in [0.3, 0.4) is 0 Å². The van der Waals surface area contributed by atoms with Crippen LogP contribution in [0.1, 0.15) is 10.4 Å². The van der Waals surface area contributed by atoms with Crippen molar-refractivity contribution < 1.29 is 19.6 Å². The molecule has 96 valence electrons. The lowest BCUT2D eigenvalue weighted by Gasteiger charge is -2.26. The number of amides is 1. The van der Waals surface area contributed by atoms with Crippen molar-refractivity contribution in [1.82, 2.24) is 4.90 Å². The lowest BCUT2D eigenvalue weighted by Crippen LogP contribution is -2.40. The first-order chi connectivity index (χ1) is 8.59. The van der Waals surface area contributed by atoms with Gasteiger partial charge in [0, 0.05) is 25.2 Å². The Bertz CT molecular complexity index is 482. The minimum absolute atomic E-state index is 0.0499. The van der Waals surface area contributed by atoms with Crippen molar-refractivity contribution in [3.05, 3.63) is 33.9 Å². The standard InChI is InChI=1S/C11H12N2O5/c14-10-2-1-8(13(16)17)7-9(10)11(15)12-3-5-18-6-4-12/h1-2,7,14H,3-6H2. The van der Waals surface area contributed by atoms with Crippen molar-refractivity contribution in [2.24, 2.45) is 0 Å². The quantitative estimate of drug-likeness (QED) is 0.620. The maximum Gasteiger partial charge on any atom is 0.270 e. The molecule has 7 heteroatoms. The fourth-order valence-electron chi connectivity index (χ4n) is 1.75. The number of non-ortho nitro benzene ring substituents is 1. The first-order valence-electron chi connectivity index (χ1n) is 5.44. The Morgan fingerprint density at radius 1 is 1.39 bits per heavy atom. The molecule has 1 amide bonds. The number of phenols is 1. The van der Waals surface area contributed by atoms with Gasteiger partial charge in [0.2, 0.25) is 0 Å². The maximum atomic E-state index is 12.1. The highest BCUT2D eigenvalue weighted by Gasteiger charge is 2.23. The van der Waals surface area contributed by atoms with E-state index in [1.54, 1.807) is 0 Å². The molecule has 0 aromatic heterocycles. The Kier molecular flexibility index (Phi) is 3.42. The summed E-state index contributed by atoms with van der Waals surface area (Å²) in [6.45, 7) is 1.70. The van der Waals surface area contributed by atoms with E-state index in [0.717, 1.165) is 18.2 Å². The molecule has 1 fully saturated rings. The minimum Gasteiger partial charge on any atom is -0.507 e. The van der Waals surface area contributed by atoms with Gasteiger partial charge in [-0.25, -0.2) is 0 Å². The van der Waals surface area contributed by atoms with Crippen molar-refractivity contribution in [2.75, 3.05) is 26.3 Å². The monoisotopic (exact) mass is 252 g/mol. The first kappa shape index (κ1) is 12.3. The molecule has 0 aliphatic carbocycles. The van der Waals surface area contributed by atoms with Gasteiger partial charge >= 0.3 is 0 Å². The third-order valence-corrected chi connectivity index (χ3v) is 2.72. The molecule has 0 unspecified atom stereocenters. The van der Waals surface area contributed by atoms with Gasteiger partial charge in [-0.1, -0.05) is 0 Å². The van der Waals surface area contributed by atoms with Crippen LogP contribution < -0.4 is 0 Å². The smallest absolute Gasteiger partial charge is 0.270 e. The van der Waals surface area contributed by atoms with Crippen molar-refractivity contribution in [3.8, 4) is 5.75 Å². The number of carbonyl (C=O) groups is 1. The number of hydrogen-bond acceptors (Lipinski definition) is 5. The number of morpholine rings is 1. The van der Waals surface area contributed by atoms with E-state index in [1.165, 1.54) is 4.90 Å². The molecule has 1 saturated heterocycles. The molecule has 1 aromatic rings. The largest absolute Gasteiger partial charge is 0.507 e. The topological polar surface area (TPSA) is 92.9 Å². The summed E-state index contributed by atoms with van der Waals surface area (Å²) in [5.41, 5.74) is -0.268. The number of phenolic OH excluding ortho intramolecular Hbond substituents is 1. The first-order valence-corrected chi connectivity index (χ1v) is 5.44. The number of ether oxygens (including phenoxy) is 1. The lowest BCUT2D eigenvalue weighted by molar-refractivity contribution is -0.384. The third-order valence-electron chi connectivity index (χ3n) is 2.72. The Balaban J connectivity index is 2.28. The zero-order valence-corrected chi connectivity index (χ0v) is 9.54. The van der Waals surface area contributed by atoms with Crippen molar-refractivity contribution >= 4 is 11.6 Å². The maximum absolute atomic E-state index is 12.1. The molecule has 2 rings (SSSR count). The molecule has 18 heavy (non-hydrogen) atoms. The van der Waals surface area contributed by atoms with Gasteiger partial charge in [-0.05, 0) is 6.07 Å². The van der Waals surface area contributed by atoms with Crippen LogP contribution in [-0.2, 0) is 4.74 Å². The van der Waals surface area contributed by atoms with E-state index in [2.05, 4.69) is 0 Å². The van der Waals surface area contributed by atoms with Crippen LogP contribution in [0.4, 0.5) is 5.69 Å². The van der Waals surface area contributed by atoms with Crippen molar-refractivity contribution in [2.45, 2.75) is 0 Å². The van der Waals surface area contributed by atoms with E-state index < -0.39 is 10.8 Å². The second kappa shape index (κ2) is 5.01. The van der Waals surface area contributed by atoms with Crippen molar-refractivity contribution in [3.63, 3.8) is 0 Å². The molecular formula is C11H12N2O5. The molecule has 7 nitrogen and oxygen atoms in total. The average molecular weight is 252 g/mol. The highest BCUT2D eigenvalue weighted by molar-refractivity contribution is 5.97. The number of nitro benzene ring substituents is 1. The van der Waals surface area contributed by atoms with E-state index in [4.69, 9.17) is 4.74 Å². The number of nitrogens with zero attached hydrogens (tertiary/aromatic N) is 2. The Hall–Kier alpha value is -2.15. The summed E-state index contributed by atoms with van der Waals surface area (Å²) in [6, 6.07) is 3.41. The second-order valence-electron chi connectivity index (χ2n) is 3.86. The Labute approximate surface area is 103 Å². The van der Waals surface area contributed by atoms with Crippen LogP contribution in [0.2, 0.25) is 0 Å². The van der Waals surface area contributed by atoms with Crippen LogP contribution in [0.25, 0.3) is 0 Å². The van der Waals surface area contributed by atoms with Crippen LogP contribution in [0.5, 0.6) is 5.75 Å². The fraction of sp³-hybridized carbons (Fsp3) is 0.364. The zero-order valence-electron chi connectivity index (χ0n) is 9.54. The summed E-state index contributed by atoms with van der Waals surface area (Å²) in [6.07, 6.45) is 0. The summed E-state index contributed by atoms with van der Waals surface area (Å²) < 4.78 is 5.11. The van der Waals surface area contributed by atoms with Crippen LogP contribution in [-0.4, -0.2) is 47.1 Å². The van der Waals surface area contributed by atoms with Crippen LogP contribution >= 0.6 is 0 Å². The second-order valence-corrected chi connectivity index (χ2v) is 3.86. The van der Waals surface area contributed by atoms with E-state index in [1.807, 2.05) is 0 Å². The Morgan fingerprint density at radius 3 is 2.67 bits per heavy atom. The predicted octanol–water partition coefficient (Wildman–Crippen LogP) is 0.773. The fourth-order valence-corrected chi connectivity index (χ4v) is 1.75. The number of benzene rings is 1. The van der Waals surface area contributed by atoms with Crippen LogP contribution in [0, 0.1) is 10.1 Å². The molecule has 1 N–H and O–H groups in total. The lowest BCUT2D eigenvalue weighted by atomic mass is 10.1. The van der Waals surface area contributed by atoms with E-state index in [-0.39, 0.29) is 17.0 Å². The number of nitro groups is 1. The summed E-state index contributed by atoms with van der Waals surface area (Å²) >= 11 is 0. The summed E-state index contributed by atoms with van der Waals surface area (Å²) in [7, 11) is 0. The predicted molar refractivity (Wildman–Crippen MR) is 61.5 cm³/mol. The van der Waals surface area contributed by atoms with Crippen molar-refractivity contribution in [1.29, 1.82) is 0 Å². The number of rotatable bonds is 2. The molecule has 1 aromatic carbocycles. The molecule has 0 saturated carbocycles. The number of aromatic hydroxyl groups is 1. The van der Waals surface area contributed by atoms with E-state index in [9.17, 15) is 20.0 Å². The normalized spacial score (nSPS) is 15.4. The van der Waals surface area contributed by atoms with Crippen LogP contribution in [0.15, 0.2) is 18.2 Å². The van der Waals surface area contributed by atoms with Gasteiger partial charge in [-0.15, -0.1) is 0 Å². The van der Waals surface area contributed by atoms with Gasteiger partial charge in [0.25, 0.3) is 11.6 Å².